The van der Waals surface area contributed by atoms with E-state index in [2.05, 4.69) is 6.58 Å². The van der Waals surface area contributed by atoms with E-state index in [0.717, 1.165) is 12.3 Å². The fraction of sp³-hybridized carbons (Fsp3) is 0.364. The van der Waals surface area contributed by atoms with E-state index in [9.17, 15) is 27.8 Å². The zero-order chi connectivity index (χ0) is 24.6. The fourth-order valence-corrected chi connectivity index (χ4v) is 5.17. The van der Waals surface area contributed by atoms with Crippen LogP contribution >= 0.6 is 10.2 Å². The number of benzene rings is 2. The van der Waals surface area contributed by atoms with Crippen LogP contribution in [0.2, 0.25) is 0 Å². The highest BCUT2D eigenvalue weighted by molar-refractivity contribution is 8.45. The van der Waals surface area contributed by atoms with E-state index in [0.29, 0.717) is 44.1 Å². The number of hydrogen-bond acceptors (Lipinski definition) is 4. The molecular formula is C22H26F5NO3S2. The van der Waals surface area contributed by atoms with Crippen LogP contribution in [-0.4, -0.2) is 45.8 Å². The first-order valence-electron chi connectivity index (χ1n) is 10.2. The third-order valence-electron chi connectivity index (χ3n) is 5.65. The molecule has 1 aliphatic rings. The summed E-state index contributed by atoms with van der Waals surface area (Å²) in [6, 6.07) is 9.46. The molecule has 33 heavy (non-hydrogen) atoms. The monoisotopic (exact) mass is 511 g/mol. The van der Waals surface area contributed by atoms with Gasteiger partial charge in [-0.2, -0.15) is 0 Å². The fourth-order valence-electron chi connectivity index (χ4n) is 3.83. The Morgan fingerprint density at radius 1 is 1.09 bits per heavy atom. The molecule has 0 aliphatic carbocycles. The Bertz CT molecular complexity index is 1120. The molecule has 1 aliphatic heterocycles. The number of hydrogen-bond donors (Lipinski definition) is 0. The minimum atomic E-state index is -9.70. The van der Waals surface area contributed by atoms with Gasteiger partial charge in [0.05, 0.1) is 11.5 Å². The SMILES string of the molecule is C=C[C@@H]1CN(CCc2cccc(S(F)(F)(F)(F)F)c2)C[C@H]1COc1ccc(S(C)(=O)=O)cc1. The molecule has 0 radical (unpaired) electrons. The second-order valence-electron chi connectivity index (χ2n) is 8.34. The van der Waals surface area contributed by atoms with Crippen LogP contribution in [0.3, 0.4) is 0 Å². The zero-order valence-corrected chi connectivity index (χ0v) is 19.6. The summed E-state index contributed by atoms with van der Waals surface area (Å²) in [5, 5.41) is 0. The van der Waals surface area contributed by atoms with Crippen molar-refractivity contribution in [2.75, 3.05) is 32.5 Å². The van der Waals surface area contributed by atoms with E-state index >= 15 is 0 Å². The van der Waals surface area contributed by atoms with Crippen molar-refractivity contribution in [3.05, 3.63) is 66.7 Å². The van der Waals surface area contributed by atoms with Crippen LogP contribution in [0.4, 0.5) is 19.4 Å². The van der Waals surface area contributed by atoms with Crippen LogP contribution < -0.4 is 4.74 Å². The standard InChI is InChI=1S/C22H26F5NO3S2/c1-3-18-14-28(12-11-17-5-4-6-22(13-17)33(23,24,25,26)27)15-19(18)16-31-20-7-9-21(10-8-20)32(2,29)30/h3-10,13,18-19H,1,11-12,14-16H2,2H3/t18-,19+/m1/s1. The van der Waals surface area contributed by atoms with Crippen LogP contribution in [0.1, 0.15) is 5.56 Å². The number of sulfone groups is 1. The lowest BCUT2D eigenvalue weighted by molar-refractivity contribution is 0.231. The minimum absolute atomic E-state index is 0.0770. The molecule has 1 saturated heterocycles. The molecule has 1 fully saturated rings. The Morgan fingerprint density at radius 3 is 2.33 bits per heavy atom. The Morgan fingerprint density at radius 2 is 1.76 bits per heavy atom. The molecule has 184 valence electrons. The number of nitrogens with zero attached hydrogens (tertiary/aromatic N) is 1. The van der Waals surface area contributed by atoms with Crippen molar-refractivity contribution in [1.29, 1.82) is 0 Å². The van der Waals surface area contributed by atoms with E-state index in [1.54, 1.807) is 18.2 Å². The predicted octanol–water partition coefficient (Wildman–Crippen LogP) is 6.10. The Kier molecular flexibility index (Phi) is 6.40. The lowest BCUT2D eigenvalue weighted by Crippen LogP contribution is -2.25. The van der Waals surface area contributed by atoms with E-state index in [-0.39, 0.29) is 28.7 Å². The first-order valence-corrected chi connectivity index (χ1v) is 14.0. The van der Waals surface area contributed by atoms with Crippen LogP contribution in [0.5, 0.6) is 5.75 Å². The van der Waals surface area contributed by atoms with Crippen molar-refractivity contribution < 1.29 is 32.6 Å². The first-order chi connectivity index (χ1) is 15.0. The maximum Gasteiger partial charge on any atom is 0.310 e. The quantitative estimate of drug-likeness (QED) is 0.301. The van der Waals surface area contributed by atoms with Crippen LogP contribution in [0.15, 0.2) is 71.0 Å². The molecule has 2 atom stereocenters. The summed E-state index contributed by atoms with van der Waals surface area (Å²) in [6.07, 6.45) is 3.12. The van der Waals surface area contributed by atoms with Crippen molar-refractivity contribution in [3.63, 3.8) is 0 Å². The van der Waals surface area contributed by atoms with Gasteiger partial charge in [0, 0.05) is 31.8 Å². The molecule has 0 aromatic heterocycles. The van der Waals surface area contributed by atoms with Gasteiger partial charge < -0.3 is 9.64 Å². The number of halogens is 5. The van der Waals surface area contributed by atoms with Gasteiger partial charge in [-0.05, 0) is 54.3 Å². The molecule has 1 heterocycles. The average Bonchev–Trinajstić information content (AvgIpc) is 3.11. The average molecular weight is 512 g/mol. The molecule has 0 saturated carbocycles. The number of rotatable bonds is 9. The highest BCUT2D eigenvalue weighted by atomic mass is 32.5. The second-order valence-corrected chi connectivity index (χ2v) is 12.8. The predicted molar refractivity (Wildman–Crippen MR) is 120 cm³/mol. The summed E-state index contributed by atoms with van der Waals surface area (Å²) in [5.41, 5.74) is 0.196. The van der Waals surface area contributed by atoms with E-state index in [4.69, 9.17) is 4.74 Å². The Labute approximate surface area is 190 Å². The highest BCUT2D eigenvalue weighted by Gasteiger charge is 2.65. The second kappa shape index (κ2) is 8.28. The molecule has 2 aromatic carbocycles. The maximum absolute atomic E-state index is 13.1. The zero-order valence-electron chi connectivity index (χ0n) is 18.0. The van der Waals surface area contributed by atoms with Gasteiger partial charge in [0.1, 0.15) is 10.6 Å². The maximum atomic E-state index is 13.1. The summed E-state index contributed by atoms with van der Waals surface area (Å²) >= 11 is 0. The largest absolute Gasteiger partial charge is 0.493 e. The van der Waals surface area contributed by atoms with E-state index in [1.807, 2.05) is 4.90 Å². The Hall–Kier alpha value is -2.11. The molecule has 11 heteroatoms. The summed E-state index contributed by atoms with van der Waals surface area (Å²) in [4.78, 5) is 0.366. The minimum Gasteiger partial charge on any atom is -0.493 e. The van der Waals surface area contributed by atoms with Gasteiger partial charge >= 0.3 is 10.2 Å². The summed E-state index contributed by atoms with van der Waals surface area (Å²) < 4.78 is 94.2. The first kappa shape index (κ1) is 25.5. The normalized spacial score (nSPS) is 21.9. The van der Waals surface area contributed by atoms with Crippen LogP contribution in [0.25, 0.3) is 0 Å². The van der Waals surface area contributed by atoms with Crippen molar-refractivity contribution >= 4 is 20.1 Å². The van der Waals surface area contributed by atoms with Gasteiger partial charge in [-0.3, -0.25) is 0 Å². The summed E-state index contributed by atoms with van der Waals surface area (Å²) in [5.74, 6) is 0.695. The van der Waals surface area contributed by atoms with Gasteiger partial charge in [0.25, 0.3) is 0 Å². The van der Waals surface area contributed by atoms with Gasteiger partial charge in [-0.15, -0.1) is 6.58 Å². The molecule has 0 N–H and O–H groups in total. The molecule has 0 spiro atoms. The Balaban J connectivity index is 1.58. The summed E-state index contributed by atoms with van der Waals surface area (Å²) in [6.45, 7) is 5.84. The van der Waals surface area contributed by atoms with Crippen LogP contribution in [0, 0.1) is 11.8 Å². The third kappa shape index (κ3) is 6.94. The smallest absolute Gasteiger partial charge is 0.310 e. The van der Waals surface area contributed by atoms with Crippen molar-refractivity contribution in [2.24, 2.45) is 11.8 Å². The molecule has 0 amide bonds. The van der Waals surface area contributed by atoms with E-state index in [1.165, 1.54) is 18.2 Å². The molecular weight excluding hydrogens is 485 g/mol. The van der Waals surface area contributed by atoms with Gasteiger partial charge in [0.15, 0.2) is 9.84 Å². The summed E-state index contributed by atoms with van der Waals surface area (Å²) in [7, 11) is -13.0. The highest BCUT2D eigenvalue weighted by Crippen LogP contribution is 3.02. The molecule has 2 aromatic rings. The lowest BCUT2D eigenvalue weighted by Gasteiger charge is -2.40. The van der Waals surface area contributed by atoms with Gasteiger partial charge in [0.2, 0.25) is 0 Å². The van der Waals surface area contributed by atoms with Gasteiger partial charge in [-0.1, -0.05) is 37.6 Å². The number of likely N-dealkylation sites (tertiary alicyclic amines) is 1. The van der Waals surface area contributed by atoms with Crippen LogP contribution in [-0.2, 0) is 16.3 Å². The third-order valence-corrected chi connectivity index (χ3v) is 7.92. The molecule has 0 unspecified atom stereocenters. The van der Waals surface area contributed by atoms with Crippen molar-refractivity contribution in [3.8, 4) is 5.75 Å². The number of ether oxygens (including phenoxy) is 1. The lowest BCUT2D eigenvalue weighted by atomic mass is 9.97. The molecule has 3 rings (SSSR count). The molecule has 0 bridgehead atoms. The van der Waals surface area contributed by atoms with Crippen molar-refractivity contribution in [2.45, 2.75) is 16.2 Å². The topological polar surface area (TPSA) is 46.6 Å². The van der Waals surface area contributed by atoms with E-state index < -0.39 is 25.0 Å². The van der Waals surface area contributed by atoms with Gasteiger partial charge in [-0.25, -0.2) is 8.42 Å². The molecule has 4 nitrogen and oxygen atoms in total. The van der Waals surface area contributed by atoms with Crippen molar-refractivity contribution in [1.82, 2.24) is 4.90 Å².